The molecule has 1 aliphatic rings. The molecule has 1 heterocycles. The first kappa shape index (κ1) is 20.6. The van der Waals surface area contributed by atoms with Crippen LogP contribution in [0.1, 0.15) is 26.7 Å². The first-order chi connectivity index (χ1) is 13.2. The Labute approximate surface area is 170 Å². The van der Waals surface area contributed by atoms with E-state index in [1.54, 1.807) is 56.3 Å². The highest BCUT2D eigenvalue weighted by Crippen LogP contribution is 2.25. The van der Waals surface area contributed by atoms with E-state index in [1.807, 2.05) is 0 Å². The van der Waals surface area contributed by atoms with Crippen molar-refractivity contribution in [2.24, 2.45) is 0 Å². The second-order valence-electron chi connectivity index (χ2n) is 7.16. The third kappa shape index (κ3) is 4.66. The highest BCUT2D eigenvalue weighted by molar-refractivity contribution is 7.89. The molecule has 2 aromatic rings. The maximum atomic E-state index is 12.7. The van der Waals surface area contributed by atoms with Crippen LogP contribution >= 0.6 is 11.6 Å². The molecule has 1 saturated heterocycles. The minimum absolute atomic E-state index is 0.170. The number of ether oxygens (including phenoxy) is 1. The molecule has 0 bridgehead atoms. The van der Waals surface area contributed by atoms with Gasteiger partial charge in [0, 0.05) is 23.8 Å². The van der Waals surface area contributed by atoms with E-state index in [4.69, 9.17) is 16.3 Å². The predicted octanol–water partition coefficient (Wildman–Crippen LogP) is 3.92. The van der Waals surface area contributed by atoms with E-state index in [1.165, 1.54) is 10.4 Å². The van der Waals surface area contributed by atoms with Crippen LogP contribution in [0.3, 0.4) is 0 Å². The summed E-state index contributed by atoms with van der Waals surface area (Å²) < 4.78 is 32.7. The van der Waals surface area contributed by atoms with Gasteiger partial charge in [-0.15, -0.1) is 0 Å². The summed E-state index contributed by atoms with van der Waals surface area (Å²) in [5, 5.41) is 3.32. The normalized spacial score (nSPS) is 15.4. The molecule has 1 N–H and O–H groups in total. The Morgan fingerprint density at radius 2 is 1.75 bits per heavy atom. The van der Waals surface area contributed by atoms with Crippen molar-refractivity contribution < 1.29 is 17.9 Å². The zero-order chi connectivity index (χ0) is 20.4. The lowest BCUT2D eigenvalue weighted by molar-refractivity contribution is -0.128. The number of nitrogens with zero attached hydrogens (tertiary/aromatic N) is 1. The molecule has 0 unspecified atom stereocenters. The van der Waals surface area contributed by atoms with Crippen molar-refractivity contribution in [3.8, 4) is 5.75 Å². The molecule has 0 atom stereocenters. The molecule has 2 aromatic carbocycles. The average Bonchev–Trinajstić information content (AvgIpc) is 3.19. The number of rotatable bonds is 6. The first-order valence-electron chi connectivity index (χ1n) is 9.05. The molecule has 1 aliphatic heterocycles. The second kappa shape index (κ2) is 8.11. The molecule has 0 spiro atoms. The maximum absolute atomic E-state index is 12.7. The van der Waals surface area contributed by atoms with E-state index in [-0.39, 0.29) is 4.90 Å². The molecule has 0 aromatic heterocycles. The van der Waals surface area contributed by atoms with Gasteiger partial charge >= 0.3 is 0 Å². The summed E-state index contributed by atoms with van der Waals surface area (Å²) in [4.78, 5) is 12.9. The van der Waals surface area contributed by atoms with Gasteiger partial charge in [-0.25, -0.2) is 8.42 Å². The van der Waals surface area contributed by atoms with Crippen LogP contribution in [-0.4, -0.2) is 37.3 Å². The van der Waals surface area contributed by atoms with Crippen LogP contribution in [-0.2, 0) is 14.8 Å². The Morgan fingerprint density at radius 3 is 2.39 bits per heavy atom. The average molecular weight is 423 g/mol. The summed E-state index contributed by atoms with van der Waals surface area (Å²) in [5.74, 6) is 0.119. The van der Waals surface area contributed by atoms with Crippen LogP contribution in [0, 0.1) is 0 Å². The Balaban J connectivity index is 1.73. The van der Waals surface area contributed by atoms with Crippen molar-refractivity contribution in [2.45, 2.75) is 37.2 Å². The summed E-state index contributed by atoms with van der Waals surface area (Å²) in [5.41, 5.74) is -0.768. The van der Waals surface area contributed by atoms with Crippen LogP contribution in [0.5, 0.6) is 5.75 Å². The van der Waals surface area contributed by atoms with Gasteiger partial charge < -0.3 is 10.1 Å². The Morgan fingerprint density at radius 1 is 1.11 bits per heavy atom. The lowest BCUT2D eigenvalue weighted by Crippen LogP contribution is -2.42. The molecule has 0 aliphatic carbocycles. The molecule has 1 amide bonds. The van der Waals surface area contributed by atoms with E-state index in [0.717, 1.165) is 12.8 Å². The van der Waals surface area contributed by atoms with Crippen LogP contribution in [0.4, 0.5) is 5.69 Å². The third-order valence-electron chi connectivity index (χ3n) is 4.53. The highest BCUT2D eigenvalue weighted by atomic mass is 35.5. The Kier molecular flexibility index (Phi) is 5.98. The topological polar surface area (TPSA) is 75.7 Å². The molecule has 1 fully saturated rings. The Hall–Kier alpha value is -2.09. The lowest BCUT2D eigenvalue weighted by atomic mass is 10.1. The number of amides is 1. The quantitative estimate of drug-likeness (QED) is 0.765. The van der Waals surface area contributed by atoms with Gasteiger partial charge in [-0.05, 0) is 69.2 Å². The maximum Gasteiger partial charge on any atom is 0.267 e. The fraction of sp³-hybridized carbons (Fsp3) is 0.350. The molecule has 3 rings (SSSR count). The van der Waals surface area contributed by atoms with E-state index in [9.17, 15) is 13.2 Å². The van der Waals surface area contributed by atoms with Crippen molar-refractivity contribution >= 4 is 33.2 Å². The largest absolute Gasteiger partial charge is 0.478 e. The smallest absolute Gasteiger partial charge is 0.267 e. The van der Waals surface area contributed by atoms with Crippen molar-refractivity contribution in [2.75, 3.05) is 18.4 Å². The SMILES string of the molecule is CC(C)(Oc1ccc(Cl)cc1)C(=O)Nc1cccc(S(=O)(=O)N2CCCC2)c1. The van der Waals surface area contributed by atoms with E-state index in [0.29, 0.717) is 29.5 Å². The summed E-state index contributed by atoms with van der Waals surface area (Å²) in [6.07, 6.45) is 1.73. The van der Waals surface area contributed by atoms with Crippen molar-refractivity contribution in [3.63, 3.8) is 0 Å². The number of hydrogen-bond donors (Lipinski definition) is 1. The van der Waals surface area contributed by atoms with Gasteiger partial charge in [-0.2, -0.15) is 4.31 Å². The van der Waals surface area contributed by atoms with Crippen molar-refractivity contribution in [1.29, 1.82) is 0 Å². The predicted molar refractivity (Wildman–Crippen MR) is 109 cm³/mol. The number of halogens is 1. The van der Waals surface area contributed by atoms with Gasteiger partial charge in [0.15, 0.2) is 5.60 Å². The number of hydrogen-bond acceptors (Lipinski definition) is 4. The number of nitrogens with one attached hydrogen (secondary N) is 1. The van der Waals surface area contributed by atoms with Crippen molar-refractivity contribution in [1.82, 2.24) is 4.31 Å². The number of benzene rings is 2. The molecule has 8 heteroatoms. The Bertz CT molecular complexity index is 952. The number of carbonyl (C=O) groups is 1. The summed E-state index contributed by atoms with van der Waals surface area (Å²) in [7, 11) is -3.55. The number of sulfonamides is 1. The number of anilines is 1. The standard InChI is InChI=1S/C20H23ClN2O4S/c1-20(2,27-17-10-8-15(21)9-11-17)19(24)22-16-6-5-7-18(14-16)28(25,26)23-12-3-4-13-23/h5-11,14H,3-4,12-13H2,1-2H3,(H,22,24). The minimum atomic E-state index is -3.55. The van der Waals surface area contributed by atoms with Gasteiger partial charge in [0.05, 0.1) is 4.90 Å². The van der Waals surface area contributed by atoms with Crippen LogP contribution in [0.2, 0.25) is 5.02 Å². The van der Waals surface area contributed by atoms with E-state index >= 15 is 0 Å². The fourth-order valence-electron chi connectivity index (χ4n) is 2.94. The second-order valence-corrected chi connectivity index (χ2v) is 9.53. The van der Waals surface area contributed by atoms with Gasteiger partial charge in [-0.1, -0.05) is 17.7 Å². The third-order valence-corrected chi connectivity index (χ3v) is 6.67. The summed E-state index contributed by atoms with van der Waals surface area (Å²) in [6.45, 7) is 4.34. The molecular formula is C20H23ClN2O4S. The fourth-order valence-corrected chi connectivity index (χ4v) is 4.63. The first-order valence-corrected chi connectivity index (χ1v) is 10.9. The van der Waals surface area contributed by atoms with Crippen molar-refractivity contribution in [3.05, 3.63) is 53.6 Å². The highest BCUT2D eigenvalue weighted by Gasteiger charge is 2.31. The van der Waals surface area contributed by atoms with Crippen LogP contribution in [0.25, 0.3) is 0 Å². The molecular weight excluding hydrogens is 400 g/mol. The van der Waals surface area contributed by atoms with Gasteiger partial charge in [0.25, 0.3) is 5.91 Å². The molecule has 28 heavy (non-hydrogen) atoms. The zero-order valence-electron chi connectivity index (χ0n) is 15.8. The number of carbonyl (C=O) groups excluding carboxylic acids is 1. The molecule has 150 valence electrons. The summed E-state index contributed by atoms with van der Waals surface area (Å²) >= 11 is 5.86. The minimum Gasteiger partial charge on any atom is -0.478 e. The zero-order valence-corrected chi connectivity index (χ0v) is 17.4. The molecule has 6 nitrogen and oxygen atoms in total. The van der Waals surface area contributed by atoms with Gasteiger partial charge in [0.2, 0.25) is 10.0 Å². The van der Waals surface area contributed by atoms with Crippen LogP contribution < -0.4 is 10.1 Å². The van der Waals surface area contributed by atoms with E-state index < -0.39 is 21.5 Å². The van der Waals surface area contributed by atoms with Gasteiger partial charge in [0.1, 0.15) is 5.75 Å². The summed E-state index contributed by atoms with van der Waals surface area (Å²) in [6, 6.07) is 13.0. The van der Waals surface area contributed by atoms with E-state index in [2.05, 4.69) is 5.32 Å². The van der Waals surface area contributed by atoms with Crippen LogP contribution in [0.15, 0.2) is 53.4 Å². The van der Waals surface area contributed by atoms with Gasteiger partial charge in [-0.3, -0.25) is 4.79 Å². The monoisotopic (exact) mass is 422 g/mol. The molecule has 0 radical (unpaired) electrons. The molecule has 0 saturated carbocycles. The lowest BCUT2D eigenvalue weighted by Gasteiger charge is -2.25.